The highest BCUT2D eigenvalue weighted by atomic mass is 35.5. The van der Waals surface area contributed by atoms with E-state index < -0.39 is 0 Å². The lowest BCUT2D eigenvalue weighted by Crippen LogP contribution is -2.22. The minimum absolute atomic E-state index is 0. The molecule has 0 saturated heterocycles. The third-order valence-electron chi connectivity index (χ3n) is 2.71. The van der Waals surface area contributed by atoms with Crippen molar-refractivity contribution in [2.45, 2.75) is 33.4 Å². The van der Waals surface area contributed by atoms with Crippen LogP contribution in [0.3, 0.4) is 0 Å². The van der Waals surface area contributed by atoms with E-state index in [0.717, 1.165) is 26.2 Å². The molecule has 108 valence electrons. The molecule has 0 bridgehead atoms. The molecule has 0 aliphatic carbocycles. The van der Waals surface area contributed by atoms with E-state index in [1.165, 1.54) is 17.7 Å². The van der Waals surface area contributed by atoms with Crippen LogP contribution in [0.1, 0.15) is 24.6 Å². The summed E-state index contributed by atoms with van der Waals surface area (Å²) in [6.07, 6.45) is 3.13. The molecule has 1 rings (SSSR count). The Balaban J connectivity index is 0. The summed E-state index contributed by atoms with van der Waals surface area (Å²) in [6, 6.07) is 0. The summed E-state index contributed by atoms with van der Waals surface area (Å²) in [5.74, 6) is 0. The Bertz CT molecular complexity index is 313. The van der Waals surface area contributed by atoms with Crippen LogP contribution in [0.2, 0.25) is 0 Å². The van der Waals surface area contributed by atoms with E-state index in [1.807, 2.05) is 6.20 Å². The Morgan fingerprint density at radius 3 is 2.56 bits per heavy atom. The van der Waals surface area contributed by atoms with Crippen LogP contribution < -0.4 is 5.32 Å². The quantitative estimate of drug-likeness (QED) is 0.782. The zero-order chi connectivity index (χ0) is 12.0. The van der Waals surface area contributed by atoms with Crippen molar-refractivity contribution in [3.05, 3.63) is 17.5 Å². The van der Waals surface area contributed by atoms with Crippen LogP contribution in [-0.4, -0.2) is 41.9 Å². The second-order valence-corrected chi connectivity index (χ2v) is 4.42. The number of nitrogens with one attached hydrogen (secondary N) is 1. The highest BCUT2D eigenvalue weighted by Crippen LogP contribution is 2.06. The van der Waals surface area contributed by atoms with E-state index in [4.69, 9.17) is 0 Å². The van der Waals surface area contributed by atoms with Crippen LogP contribution >= 0.6 is 24.8 Å². The van der Waals surface area contributed by atoms with Crippen molar-refractivity contribution >= 4 is 24.8 Å². The molecule has 0 aliphatic heterocycles. The summed E-state index contributed by atoms with van der Waals surface area (Å²) < 4.78 is 2.06. The molecule has 6 heteroatoms. The predicted molar refractivity (Wildman–Crippen MR) is 82.0 cm³/mol. The maximum Gasteiger partial charge on any atom is 0.0551 e. The topological polar surface area (TPSA) is 33.1 Å². The normalized spacial score (nSPS) is 10.1. The van der Waals surface area contributed by atoms with Crippen LogP contribution in [0.4, 0.5) is 0 Å². The second-order valence-electron chi connectivity index (χ2n) is 4.42. The molecule has 0 atom stereocenters. The number of halogens is 2. The van der Waals surface area contributed by atoms with Gasteiger partial charge in [-0.25, -0.2) is 0 Å². The van der Waals surface area contributed by atoms with Gasteiger partial charge in [-0.3, -0.25) is 4.68 Å². The van der Waals surface area contributed by atoms with E-state index in [-0.39, 0.29) is 24.8 Å². The number of hydrogen-bond donors (Lipinski definition) is 1. The van der Waals surface area contributed by atoms with Gasteiger partial charge < -0.3 is 10.2 Å². The zero-order valence-corrected chi connectivity index (χ0v) is 13.4. The van der Waals surface area contributed by atoms with Crippen LogP contribution in [0.5, 0.6) is 0 Å². The van der Waals surface area contributed by atoms with Crippen molar-refractivity contribution in [2.75, 3.05) is 27.2 Å². The van der Waals surface area contributed by atoms with Crippen LogP contribution in [0.15, 0.2) is 6.20 Å². The van der Waals surface area contributed by atoms with Gasteiger partial charge >= 0.3 is 0 Å². The van der Waals surface area contributed by atoms with Crippen molar-refractivity contribution in [3.63, 3.8) is 0 Å². The van der Waals surface area contributed by atoms with Crippen molar-refractivity contribution in [2.24, 2.45) is 0 Å². The van der Waals surface area contributed by atoms with Gasteiger partial charge in [0.05, 0.1) is 11.9 Å². The summed E-state index contributed by atoms with van der Waals surface area (Å²) in [7, 11) is 4.21. The van der Waals surface area contributed by atoms with Crippen LogP contribution in [-0.2, 0) is 13.1 Å². The molecule has 1 heterocycles. The monoisotopic (exact) mass is 296 g/mol. The minimum atomic E-state index is 0. The van der Waals surface area contributed by atoms with E-state index >= 15 is 0 Å². The van der Waals surface area contributed by atoms with Gasteiger partial charge in [-0.05, 0) is 53.0 Å². The Morgan fingerprint density at radius 2 is 2.00 bits per heavy atom. The molecule has 0 aromatic carbocycles. The molecule has 0 fully saturated rings. The molecular weight excluding hydrogens is 271 g/mol. The molecule has 0 aliphatic rings. The molecule has 18 heavy (non-hydrogen) atoms. The lowest BCUT2D eigenvalue weighted by molar-refractivity contribution is 0.393. The Labute approximate surface area is 123 Å². The lowest BCUT2D eigenvalue weighted by atomic mass is 10.2. The average Bonchev–Trinajstić information content (AvgIpc) is 2.59. The third kappa shape index (κ3) is 6.59. The highest BCUT2D eigenvalue weighted by molar-refractivity contribution is 5.85. The number of aryl methyl sites for hydroxylation is 2. The Kier molecular flexibility index (Phi) is 11.8. The molecule has 0 spiro atoms. The summed E-state index contributed by atoms with van der Waals surface area (Å²) in [5.41, 5.74) is 2.59. The van der Waals surface area contributed by atoms with Crippen molar-refractivity contribution in [1.29, 1.82) is 0 Å². The van der Waals surface area contributed by atoms with Crippen molar-refractivity contribution in [1.82, 2.24) is 20.0 Å². The summed E-state index contributed by atoms with van der Waals surface area (Å²) in [6.45, 7) is 8.32. The second kappa shape index (κ2) is 10.6. The first-order chi connectivity index (χ1) is 7.65. The zero-order valence-electron chi connectivity index (χ0n) is 11.8. The highest BCUT2D eigenvalue weighted by Gasteiger charge is 2.04. The fourth-order valence-electron chi connectivity index (χ4n) is 1.73. The molecule has 0 radical (unpaired) electrons. The molecule has 1 aromatic heterocycles. The van der Waals surface area contributed by atoms with Crippen LogP contribution in [0.25, 0.3) is 0 Å². The minimum Gasteiger partial charge on any atom is -0.311 e. The van der Waals surface area contributed by atoms with Crippen molar-refractivity contribution < 1.29 is 0 Å². The predicted octanol–water partition coefficient (Wildman–Crippen LogP) is 2.10. The molecule has 0 unspecified atom stereocenters. The average molecular weight is 297 g/mol. The molecule has 0 saturated carbocycles. The molecule has 4 nitrogen and oxygen atoms in total. The van der Waals surface area contributed by atoms with Gasteiger partial charge in [0.25, 0.3) is 0 Å². The van der Waals surface area contributed by atoms with E-state index in [2.05, 4.69) is 47.9 Å². The van der Waals surface area contributed by atoms with Gasteiger partial charge in [0, 0.05) is 13.1 Å². The van der Waals surface area contributed by atoms with E-state index in [9.17, 15) is 0 Å². The first-order valence-corrected chi connectivity index (χ1v) is 6.02. The maximum absolute atomic E-state index is 4.33. The Morgan fingerprint density at radius 1 is 1.33 bits per heavy atom. The van der Waals surface area contributed by atoms with Crippen molar-refractivity contribution in [3.8, 4) is 0 Å². The van der Waals surface area contributed by atoms with Gasteiger partial charge in [-0.15, -0.1) is 24.8 Å². The fraction of sp³-hybridized carbons (Fsp3) is 0.750. The third-order valence-corrected chi connectivity index (χ3v) is 2.71. The van der Waals surface area contributed by atoms with E-state index in [1.54, 1.807) is 0 Å². The number of nitrogens with zero attached hydrogens (tertiary/aromatic N) is 3. The number of hydrogen-bond acceptors (Lipinski definition) is 3. The molecule has 1 aromatic rings. The largest absolute Gasteiger partial charge is 0.311 e. The number of aromatic nitrogens is 2. The smallest absolute Gasteiger partial charge is 0.0551 e. The lowest BCUT2D eigenvalue weighted by Gasteiger charge is -2.11. The summed E-state index contributed by atoms with van der Waals surface area (Å²) >= 11 is 0. The SMILES string of the molecule is CCn1ncc(C)c1CNCCCN(C)C.Cl.Cl. The maximum atomic E-state index is 4.33. The van der Waals surface area contributed by atoms with Gasteiger partial charge in [-0.2, -0.15) is 5.10 Å². The molecule has 1 N–H and O–H groups in total. The fourth-order valence-corrected chi connectivity index (χ4v) is 1.73. The number of rotatable bonds is 7. The van der Waals surface area contributed by atoms with Crippen LogP contribution in [0, 0.1) is 6.92 Å². The van der Waals surface area contributed by atoms with E-state index in [0.29, 0.717) is 0 Å². The molecular formula is C12H26Cl2N4. The first kappa shape index (κ1) is 20.0. The summed E-state index contributed by atoms with van der Waals surface area (Å²) in [5, 5.41) is 7.80. The Hall–Kier alpha value is -0.290. The van der Waals surface area contributed by atoms with Gasteiger partial charge in [0.1, 0.15) is 0 Å². The van der Waals surface area contributed by atoms with Gasteiger partial charge in [-0.1, -0.05) is 0 Å². The first-order valence-electron chi connectivity index (χ1n) is 6.02. The van der Waals surface area contributed by atoms with Gasteiger partial charge in [0.2, 0.25) is 0 Å². The standard InChI is InChI=1S/C12H24N4.2ClH/c1-5-16-12(11(2)9-14-16)10-13-7-6-8-15(3)4;;/h9,13H,5-8,10H2,1-4H3;2*1H. The summed E-state index contributed by atoms with van der Waals surface area (Å²) in [4.78, 5) is 2.21. The van der Waals surface area contributed by atoms with Gasteiger partial charge in [0.15, 0.2) is 0 Å². The molecule has 0 amide bonds.